The third-order valence-corrected chi connectivity index (χ3v) is 5.07. The van der Waals surface area contributed by atoms with E-state index in [0.717, 1.165) is 11.1 Å². The molecule has 7 nitrogen and oxygen atoms in total. The Labute approximate surface area is 181 Å². The first-order valence-electron chi connectivity index (χ1n) is 10.3. The maximum Gasteiger partial charge on any atom is 0.278 e. The van der Waals surface area contributed by atoms with Crippen LogP contribution in [0.4, 0.5) is 5.82 Å². The van der Waals surface area contributed by atoms with Gasteiger partial charge in [0.25, 0.3) is 5.91 Å². The fourth-order valence-electron chi connectivity index (χ4n) is 3.28. The van der Waals surface area contributed by atoms with Crippen LogP contribution in [0.15, 0.2) is 73.1 Å². The second-order valence-corrected chi connectivity index (χ2v) is 8.56. The van der Waals surface area contributed by atoms with E-state index in [1.165, 1.54) is 5.56 Å². The molecule has 0 spiro atoms. The van der Waals surface area contributed by atoms with Crippen molar-refractivity contribution in [1.29, 1.82) is 0 Å². The molecule has 0 aliphatic heterocycles. The topological polar surface area (TPSA) is 77.6 Å². The molecule has 0 saturated carbocycles. The maximum atomic E-state index is 12.7. The Morgan fingerprint density at radius 3 is 2.35 bits per heavy atom. The van der Waals surface area contributed by atoms with Crippen molar-refractivity contribution in [2.45, 2.75) is 39.3 Å². The van der Waals surface area contributed by atoms with Gasteiger partial charge in [-0.1, -0.05) is 80.6 Å². The van der Waals surface area contributed by atoms with E-state index in [2.05, 4.69) is 65.8 Å². The molecule has 0 saturated heterocycles. The second kappa shape index (κ2) is 8.55. The molecule has 2 aromatic carbocycles. The lowest BCUT2D eigenvalue weighted by Crippen LogP contribution is -2.17. The third kappa shape index (κ3) is 5.06. The minimum absolute atomic E-state index is 0.112. The minimum Gasteiger partial charge on any atom is -0.305 e. The Morgan fingerprint density at radius 1 is 0.935 bits per heavy atom. The van der Waals surface area contributed by atoms with E-state index in [-0.39, 0.29) is 17.0 Å². The molecule has 0 unspecified atom stereocenters. The van der Waals surface area contributed by atoms with Crippen molar-refractivity contribution < 1.29 is 4.79 Å². The van der Waals surface area contributed by atoms with Crippen LogP contribution in [-0.2, 0) is 18.5 Å². The van der Waals surface area contributed by atoms with Gasteiger partial charge in [0.05, 0.1) is 25.5 Å². The van der Waals surface area contributed by atoms with E-state index >= 15 is 0 Å². The molecule has 4 aromatic rings. The highest BCUT2D eigenvalue weighted by Gasteiger charge is 2.15. The van der Waals surface area contributed by atoms with Gasteiger partial charge in [-0.05, 0) is 22.1 Å². The quantitative estimate of drug-likeness (QED) is 0.515. The summed E-state index contributed by atoms with van der Waals surface area (Å²) in [7, 11) is 0. The number of amides is 1. The van der Waals surface area contributed by atoms with Crippen LogP contribution in [-0.4, -0.2) is 30.7 Å². The van der Waals surface area contributed by atoms with Gasteiger partial charge in [-0.15, -0.1) is 5.10 Å². The van der Waals surface area contributed by atoms with Crippen molar-refractivity contribution in [3.8, 4) is 0 Å². The highest BCUT2D eigenvalue weighted by Crippen LogP contribution is 2.22. The zero-order chi connectivity index (χ0) is 21.8. The van der Waals surface area contributed by atoms with Crippen LogP contribution in [0.3, 0.4) is 0 Å². The molecule has 1 N–H and O–H groups in total. The lowest BCUT2D eigenvalue weighted by molar-refractivity contribution is 0.102. The van der Waals surface area contributed by atoms with Gasteiger partial charge in [0, 0.05) is 6.07 Å². The van der Waals surface area contributed by atoms with Crippen LogP contribution in [0.1, 0.15) is 48.0 Å². The lowest BCUT2D eigenvalue weighted by Gasteiger charge is -2.19. The van der Waals surface area contributed by atoms with Gasteiger partial charge < -0.3 is 5.32 Å². The number of nitrogens with zero attached hydrogens (tertiary/aromatic N) is 5. The summed E-state index contributed by atoms with van der Waals surface area (Å²) >= 11 is 0. The Balaban J connectivity index is 1.42. The maximum absolute atomic E-state index is 12.7. The minimum atomic E-state index is -0.316. The lowest BCUT2D eigenvalue weighted by atomic mass is 9.87. The van der Waals surface area contributed by atoms with Gasteiger partial charge in [-0.25, -0.2) is 9.36 Å². The predicted octanol–water partition coefficient (Wildman–Crippen LogP) is 4.12. The van der Waals surface area contributed by atoms with E-state index in [0.29, 0.717) is 18.9 Å². The third-order valence-electron chi connectivity index (χ3n) is 5.07. The number of aromatic nitrogens is 5. The normalized spacial score (nSPS) is 11.5. The summed E-state index contributed by atoms with van der Waals surface area (Å²) in [5, 5.41) is 15.3. The molecule has 0 aliphatic rings. The van der Waals surface area contributed by atoms with Crippen molar-refractivity contribution >= 4 is 11.7 Å². The number of carbonyl (C=O) groups excluding carboxylic acids is 1. The van der Waals surface area contributed by atoms with Crippen molar-refractivity contribution in [3.63, 3.8) is 0 Å². The second-order valence-electron chi connectivity index (χ2n) is 8.56. The van der Waals surface area contributed by atoms with Crippen molar-refractivity contribution in [2.24, 2.45) is 0 Å². The van der Waals surface area contributed by atoms with Crippen molar-refractivity contribution in [1.82, 2.24) is 24.8 Å². The molecular formula is C24H26N6O. The van der Waals surface area contributed by atoms with Gasteiger partial charge in [0.1, 0.15) is 5.82 Å². The van der Waals surface area contributed by atoms with E-state index in [1.54, 1.807) is 27.8 Å². The van der Waals surface area contributed by atoms with E-state index in [4.69, 9.17) is 0 Å². The van der Waals surface area contributed by atoms with Gasteiger partial charge in [0.2, 0.25) is 0 Å². The standard InChI is InChI=1S/C24H26N6O/c1-24(2,3)20-11-9-19(10-12-20)16-30-22(13-14-25-30)26-23(31)21-17-29(28-27-21)15-18-7-5-4-6-8-18/h4-14,17H,15-16H2,1-3H3,(H,26,31). The molecule has 4 rings (SSSR count). The van der Waals surface area contributed by atoms with Crippen LogP contribution >= 0.6 is 0 Å². The van der Waals surface area contributed by atoms with E-state index < -0.39 is 0 Å². The number of anilines is 1. The fraction of sp³-hybridized carbons (Fsp3) is 0.250. The Kier molecular flexibility index (Phi) is 5.66. The molecule has 2 heterocycles. The molecule has 31 heavy (non-hydrogen) atoms. The van der Waals surface area contributed by atoms with Crippen LogP contribution < -0.4 is 5.32 Å². The molecule has 158 valence electrons. The fourth-order valence-corrected chi connectivity index (χ4v) is 3.28. The summed E-state index contributed by atoms with van der Waals surface area (Å²) in [6, 6.07) is 20.2. The zero-order valence-corrected chi connectivity index (χ0v) is 18.0. The highest BCUT2D eigenvalue weighted by molar-refractivity contribution is 6.02. The summed E-state index contributed by atoms with van der Waals surface area (Å²) < 4.78 is 3.41. The van der Waals surface area contributed by atoms with Crippen molar-refractivity contribution in [2.75, 3.05) is 5.32 Å². The first-order valence-corrected chi connectivity index (χ1v) is 10.3. The van der Waals surface area contributed by atoms with Gasteiger partial charge >= 0.3 is 0 Å². The number of carbonyl (C=O) groups is 1. The molecule has 7 heteroatoms. The zero-order valence-electron chi connectivity index (χ0n) is 18.0. The van der Waals surface area contributed by atoms with E-state index in [9.17, 15) is 4.79 Å². The molecule has 0 bridgehead atoms. The largest absolute Gasteiger partial charge is 0.305 e. The molecule has 2 aromatic heterocycles. The Hall–Kier alpha value is -3.74. The monoisotopic (exact) mass is 414 g/mol. The van der Waals surface area contributed by atoms with Crippen LogP contribution in [0.2, 0.25) is 0 Å². The Bertz CT molecular complexity index is 1150. The molecule has 0 radical (unpaired) electrons. The summed E-state index contributed by atoms with van der Waals surface area (Å²) in [4.78, 5) is 12.7. The smallest absolute Gasteiger partial charge is 0.278 e. The summed E-state index contributed by atoms with van der Waals surface area (Å²) in [5.74, 6) is 0.298. The molecule has 0 atom stereocenters. The summed E-state index contributed by atoms with van der Waals surface area (Å²) in [5.41, 5.74) is 3.86. The Morgan fingerprint density at radius 2 is 1.65 bits per heavy atom. The average Bonchev–Trinajstić information content (AvgIpc) is 3.38. The average molecular weight is 415 g/mol. The van der Waals surface area contributed by atoms with Crippen LogP contribution in [0, 0.1) is 0 Å². The first-order chi connectivity index (χ1) is 14.9. The van der Waals surface area contributed by atoms with E-state index in [1.807, 2.05) is 30.3 Å². The van der Waals surface area contributed by atoms with Gasteiger partial charge in [0.15, 0.2) is 5.69 Å². The summed E-state index contributed by atoms with van der Waals surface area (Å²) in [6.07, 6.45) is 3.32. The van der Waals surface area contributed by atoms with Crippen molar-refractivity contribution in [3.05, 3.63) is 95.4 Å². The predicted molar refractivity (Wildman–Crippen MR) is 120 cm³/mol. The number of hydrogen-bond donors (Lipinski definition) is 1. The number of hydrogen-bond acceptors (Lipinski definition) is 4. The summed E-state index contributed by atoms with van der Waals surface area (Å²) in [6.45, 7) is 7.70. The first kappa shape index (κ1) is 20.5. The highest BCUT2D eigenvalue weighted by atomic mass is 16.2. The molecule has 1 amide bonds. The van der Waals surface area contributed by atoms with Gasteiger partial charge in [-0.3, -0.25) is 4.79 Å². The number of nitrogens with one attached hydrogen (secondary N) is 1. The molecule has 0 aliphatic carbocycles. The van der Waals surface area contributed by atoms with Crippen LogP contribution in [0.5, 0.6) is 0 Å². The molecular weight excluding hydrogens is 388 g/mol. The number of benzene rings is 2. The SMILES string of the molecule is CC(C)(C)c1ccc(Cn2nccc2NC(=O)c2cn(Cc3ccccc3)nn2)cc1. The number of rotatable bonds is 6. The molecule has 0 fully saturated rings. The van der Waals surface area contributed by atoms with Gasteiger partial charge in [-0.2, -0.15) is 5.10 Å². The van der Waals surface area contributed by atoms with Crippen LogP contribution in [0.25, 0.3) is 0 Å².